The number of fused-ring (bicyclic) bond motifs is 1. The van der Waals surface area contributed by atoms with Crippen LogP contribution < -0.4 is 5.32 Å². The summed E-state index contributed by atoms with van der Waals surface area (Å²) in [6.07, 6.45) is 0. The lowest BCUT2D eigenvalue weighted by Crippen LogP contribution is -2.30. The monoisotopic (exact) mass is 251 g/mol. The van der Waals surface area contributed by atoms with Crippen LogP contribution in [-0.2, 0) is 6.54 Å². The summed E-state index contributed by atoms with van der Waals surface area (Å²) in [5.74, 6) is 0.655. The molecule has 0 aliphatic carbocycles. The zero-order valence-corrected chi connectivity index (χ0v) is 12.1. The fourth-order valence-corrected chi connectivity index (χ4v) is 2.80. The largest absolute Gasteiger partial charge is 0.308 e. The van der Waals surface area contributed by atoms with Crippen LogP contribution in [0.3, 0.4) is 0 Å². The fourth-order valence-electron chi connectivity index (χ4n) is 1.87. The van der Waals surface area contributed by atoms with Gasteiger partial charge in [0.2, 0.25) is 0 Å². The van der Waals surface area contributed by atoms with E-state index >= 15 is 0 Å². The minimum Gasteiger partial charge on any atom is -0.308 e. The topological polar surface area (TPSA) is 29.3 Å². The fraction of sp³-hybridized carbons (Fsp3) is 0.615. The molecule has 0 aromatic carbocycles. The van der Waals surface area contributed by atoms with Crippen molar-refractivity contribution in [3.05, 3.63) is 22.5 Å². The third-order valence-corrected chi connectivity index (χ3v) is 4.36. The molecule has 1 unspecified atom stereocenters. The van der Waals surface area contributed by atoms with E-state index in [-0.39, 0.29) is 0 Å². The van der Waals surface area contributed by atoms with Gasteiger partial charge in [-0.05, 0) is 26.7 Å². The third kappa shape index (κ3) is 2.38. The maximum atomic E-state index is 4.60. The quantitative estimate of drug-likeness (QED) is 0.904. The number of hydrogen-bond donors (Lipinski definition) is 1. The molecule has 0 fully saturated rings. The molecule has 0 amide bonds. The average molecular weight is 251 g/mol. The summed E-state index contributed by atoms with van der Waals surface area (Å²) in [5.41, 5.74) is 3.72. The van der Waals surface area contributed by atoms with Gasteiger partial charge in [0.25, 0.3) is 0 Å². The van der Waals surface area contributed by atoms with Gasteiger partial charge in [-0.15, -0.1) is 11.3 Å². The van der Waals surface area contributed by atoms with Crippen LogP contribution in [0.1, 0.15) is 37.9 Å². The molecule has 2 heterocycles. The van der Waals surface area contributed by atoms with Crippen LogP contribution in [0.25, 0.3) is 4.96 Å². The lowest BCUT2D eigenvalue weighted by Gasteiger charge is -2.17. The van der Waals surface area contributed by atoms with E-state index in [1.165, 1.54) is 11.4 Å². The molecule has 0 aliphatic heterocycles. The summed E-state index contributed by atoms with van der Waals surface area (Å²) in [5, 5.41) is 5.74. The summed E-state index contributed by atoms with van der Waals surface area (Å²) in [6, 6.07) is 0.527. The first-order chi connectivity index (χ1) is 8.00. The van der Waals surface area contributed by atoms with E-state index in [1.807, 2.05) is 0 Å². The number of thiazole rings is 1. The van der Waals surface area contributed by atoms with E-state index in [1.54, 1.807) is 11.3 Å². The Morgan fingerprint density at radius 2 is 2.06 bits per heavy atom. The highest BCUT2D eigenvalue weighted by Crippen LogP contribution is 2.20. The molecule has 0 saturated carbocycles. The first-order valence-corrected chi connectivity index (χ1v) is 7.04. The number of imidazole rings is 1. The average Bonchev–Trinajstić information content (AvgIpc) is 2.76. The van der Waals surface area contributed by atoms with Crippen LogP contribution >= 0.6 is 11.3 Å². The van der Waals surface area contributed by atoms with Crippen LogP contribution in [0.15, 0.2) is 5.38 Å². The van der Waals surface area contributed by atoms with Crippen molar-refractivity contribution in [3.8, 4) is 0 Å². The summed E-state index contributed by atoms with van der Waals surface area (Å²) in [7, 11) is 0. The van der Waals surface area contributed by atoms with Crippen molar-refractivity contribution in [3.63, 3.8) is 0 Å². The Bertz CT molecular complexity index is 510. The Hall–Kier alpha value is -0.870. The number of aryl methyl sites for hydroxylation is 2. The highest BCUT2D eigenvalue weighted by molar-refractivity contribution is 7.15. The van der Waals surface area contributed by atoms with Gasteiger partial charge in [-0.1, -0.05) is 13.8 Å². The van der Waals surface area contributed by atoms with Crippen molar-refractivity contribution in [1.82, 2.24) is 14.7 Å². The molecule has 1 atom stereocenters. The summed E-state index contributed by atoms with van der Waals surface area (Å²) in [4.78, 5) is 5.70. The highest BCUT2D eigenvalue weighted by atomic mass is 32.1. The summed E-state index contributed by atoms with van der Waals surface area (Å²) < 4.78 is 2.26. The van der Waals surface area contributed by atoms with Crippen LogP contribution in [-0.4, -0.2) is 15.4 Å². The van der Waals surface area contributed by atoms with Crippen LogP contribution in [0, 0.1) is 19.8 Å². The molecule has 2 rings (SSSR count). The second-order valence-corrected chi connectivity index (χ2v) is 5.89. The standard InChI is InChI=1S/C13H21N3S/c1-8(2)10(4)14-6-12-11(5)15-13-16(12)9(3)7-17-13/h7-8,10,14H,6H2,1-5H3. The van der Waals surface area contributed by atoms with Crippen molar-refractivity contribution in [1.29, 1.82) is 0 Å². The van der Waals surface area contributed by atoms with E-state index in [0.717, 1.165) is 17.2 Å². The Balaban J connectivity index is 2.23. The van der Waals surface area contributed by atoms with Gasteiger partial charge in [0, 0.05) is 23.7 Å². The molecule has 0 saturated heterocycles. The molecular weight excluding hydrogens is 230 g/mol. The van der Waals surface area contributed by atoms with Crippen molar-refractivity contribution in [2.24, 2.45) is 5.92 Å². The van der Waals surface area contributed by atoms with Gasteiger partial charge in [-0.25, -0.2) is 4.98 Å². The summed E-state index contributed by atoms with van der Waals surface area (Å²) >= 11 is 1.71. The van der Waals surface area contributed by atoms with Gasteiger partial charge in [-0.3, -0.25) is 4.40 Å². The molecule has 3 nitrogen and oxygen atoms in total. The molecule has 2 aromatic rings. The first kappa shape index (κ1) is 12.6. The SMILES string of the molecule is Cc1nc2scc(C)n2c1CNC(C)C(C)C. The zero-order chi connectivity index (χ0) is 12.6. The maximum absolute atomic E-state index is 4.60. The Labute approximate surface area is 107 Å². The predicted molar refractivity (Wildman–Crippen MR) is 73.7 cm³/mol. The Morgan fingerprint density at radius 1 is 1.35 bits per heavy atom. The number of aromatic nitrogens is 2. The summed E-state index contributed by atoms with van der Waals surface area (Å²) in [6.45, 7) is 11.8. The molecule has 1 N–H and O–H groups in total. The Kier molecular flexibility index (Phi) is 3.54. The molecule has 0 radical (unpaired) electrons. The van der Waals surface area contributed by atoms with Crippen molar-refractivity contribution >= 4 is 16.3 Å². The minimum absolute atomic E-state index is 0.527. The minimum atomic E-state index is 0.527. The lowest BCUT2D eigenvalue weighted by atomic mass is 10.1. The number of hydrogen-bond acceptors (Lipinski definition) is 3. The molecular formula is C13H21N3S. The second kappa shape index (κ2) is 4.78. The van der Waals surface area contributed by atoms with Crippen molar-refractivity contribution in [2.75, 3.05) is 0 Å². The van der Waals surface area contributed by atoms with E-state index in [0.29, 0.717) is 12.0 Å². The van der Waals surface area contributed by atoms with Gasteiger partial charge in [0.15, 0.2) is 4.96 Å². The molecule has 0 spiro atoms. The first-order valence-electron chi connectivity index (χ1n) is 6.16. The number of nitrogens with one attached hydrogen (secondary N) is 1. The van der Waals surface area contributed by atoms with E-state index in [9.17, 15) is 0 Å². The molecule has 94 valence electrons. The Morgan fingerprint density at radius 3 is 2.71 bits per heavy atom. The number of nitrogens with zero attached hydrogens (tertiary/aromatic N) is 2. The molecule has 2 aromatic heterocycles. The smallest absolute Gasteiger partial charge is 0.194 e. The lowest BCUT2D eigenvalue weighted by molar-refractivity contribution is 0.422. The van der Waals surface area contributed by atoms with Gasteiger partial charge in [0.05, 0.1) is 11.4 Å². The molecule has 4 heteroatoms. The normalized spacial score (nSPS) is 13.8. The van der Waals surface area contributed by atoms with Gasteiger partial charge in [0.1, 0.15) is 0 Å². The van der Waals surface area contributed by atoms with Gasteiger partial charge >= 0.3 is 0 Å². The predicted octanol–water partition coefficient (Wildman–Crippen LogP) is 3.15. The van der Waals surface area contributed by atoms with E-state index in [4.69, 9.17) is 0 Å². The third-order valence-electron chi connectivity index (χ3n) is 3.42. The van der Waals surface area contributed by atoms with E-state index in [2.05, 4.69) is 54.7 Å². The van der Waals surface area contributed by atoms with Crippen LogP contribution in [0.4, 0.5) is 0 Å². The molecule has 0 bridgehead atoms. The highest BCUT2D eigenvalue weighted by Gasteiger charge is 2.13. The zero-order valence-electron chi connectivity index (χ0n) is 11.2. The molecule has 0 aliphatic rings. The van der Waals surface area contributed by atoms with Gasteiger partial charge in [-0.2, -0.15) is 0 Å². The van der Waals surface area contributed by atoms with Crippen LogP contribution in [0.2, 0.25) is 0 Å². The van der Waals surface area contributed by atoms with Crippen molar-refractivity contribution in [2.45, 2.75) is 47.2 Å². The van der Waals surface area contributed by atoms with Crippen LogP contribution in [0.5, 0.6) is 0 Å². The second-order valence-electron chi connectivity index (χ2n) is 5.05. The maximum Gasteiger partial charge on any atom is 0.194 e. The molecule has 17 heavy (non-hydrogen) atoms. The van der Waals surface area contributed by atoms with Gasteiger partial charge < -0.3 is 5.32 Å². The van der Waals surface area contributed by atoms with E-state index < -0.39 is 0 Å². The van der Waals surface area contributed by atoms with Crippen molar-refractivity contribution < 1.29 is 0 Å². The number of rotatable bonds is 4.